The minimum absolute atomic E-state index is 0.00292. The molecule has 0 bridgehead atoms. The zero-order valence-corrected chi connectivity index (χ0v) is 21.7. The van der Waals surface area contributed by atoms with Crippen molar-refractivity contribution in [2.45, 2.75) is 50.5 Å². The third-order valence-electron chi connectivity index (χ3n) is 7.26. The van der Waals surface area contributed by atoms with Crippen LogP contribution in [-0.4, -0.2) is 56.1 Å². The first-order chi connectivity index (χ1) is 17.8. The molecule has 4 rings (SSSR count). The number of halogens is 2. The predicted molar refractivity (Wildman–Crippen MR) is 141 cm³/mol. The Labute approximate surface area is 221 Å². The molecule has 0 saturated carbocycles. The summed E-state index contributed by atoms with van der Waals surface area (Å²) in [6.45, 7) is 5.04. The Morgan fingerprint density at radius 3 is 2.38 bits per heavy atom. The maximum atomic E-state index is 14.3. The molecule has 2 aliphatic rings. The van der Waals surface area contributed by atoms with Gasteiger partial charge in [0, 0.05) is 49.5 Å². The van der Waals surface area contributed by atoms with E-state index in [2.05, 4.69) is 22.5 Å². The second kappa shape index (κ2) is 12.1. The summed E-state index contributed by atoms with van der Waals surface area (Å²) in [5, 5.41) is 15.4. The van der Waals surface area contributed by atoms with Crippen molar-refractivity contribution in [3.05, 3.63) is 52.8 Å². The molecule has 2 aromatic rings. The molecule has 2 aliphatic heterocycles. The number of hydrogen-bond acceptors (Lipinski definition) is 5. The standard InChI is InChI=1S/C27H33ClFN3O5/c1-2-32(20-7-11-36-12-8-20)24-6-3-18(27(17-25(33)34)9-13-37-14-10-27)15-23(24)31-26(35)30-22-5-4-19(28)16-21(22)29/h3-6,15-16,20H,2,7-14,17H2,1H3,(H,33,34)(H2,30,31,35). The van der Waals surface area contributed by atoms with Crippen molar-refractivity contribution in [3.8, 4) is 0 Å². The van der Waals surface area contributed by atoms with E-state index < -0.39 is 23.2 Å². The number of carboxylic acids is 1. The SMILES string of the molecule is CCN(c1ccc(C2(CC(=O)O)CCOCC2)cc1NC(=O)Nc1ccc(Cl)cc1F)C1CCOCC1. The zero-order valence-electron chi connectivity index (χ0n) is 20.9. The Balaban J connectivity index is 1.70. The summed E-state index contributed by atoms with van der Waals surface area (Å²) in [6, 6.07) is 9.44. The van der Waals surface area contributed by atoms with E-state index in [0.29, 0.717) is 51.5 Å². The molecule has 2 heterocycles. The van der Waals surface area contributed by atoms with Gasteiger partial charge in [-0.1, -0.05) is 17.7 Å². The van der Waals surface area contributed by atoms with Crippen molar-refractivity contribution in [3.63, 3.8) is 0 Å². The van der Waals surface area contributed by atoms with Crippen LogP contribution in [0.3, 0.4) is 0 Å². The van der Waals surface area contributed by atoms with Crippen molar-refractivity contribution in [2.24, 2.45) is 0 Å². The Bertz CT molecular complexity index is 1120. The number of rotatable bonds is 8. The molecular weight excluding hydrogens is 501 g/mol. The molecule has 2 saturated heterocycles. The molecule has 2 aromatic carbocycles. The van der Waals surface area contributed by atoms with Crippen molar-refractivity contribution < 1.29 is 28.6 Å². The molecule has 3 N–H and O–H groups in total. The molecule has 0 radical (unpaired) electrons. The van der Waals surface area contributed by atoms with Crippen LogP contribution in [0.1, 0.15) is 44.6 Å². The topological polar surface area (TPSA) is 100 Å². The Morgan fingerprint density at radius 1 is 1.05 bits per heavy atom. The summed E-state index contributed by atoms with van der Waals surface area (Å²) in [5.74, 6) is -1.52. The maximum absolute atomic E-state index is 14.3. The second-order valence-corrected chi connectivity index (χ2v) is 9.96. The van der Waals surface area contributed by atoms with E-state index in [9.17, 15) is 19.1 Å². The molecule has 0 aliphatic carbocycles. The highest BCUT2D eigenvalue weighted by atomic mass is 35.5. The molecule has 8 nitrogen and oxygen atoms in total. The van der Waals surface area contributed by atoms with E-state index in [0.717, 1.165) is 30.2 Å². The zero-order chi connectivity index (χ0) is 26.4. The van der Waals surface area contributed by atoms with Crippen LogP contribution in [0.5, 0.6) is 0 Å². The van der Waals surface area contributed by atoms with Crippen LogP contribution in [0.4, 0.5) is 26.2 Å². The number of amides is 2. The fourth-order valence-corrected chi connectivity index (χ4v) is 5.48. The van der Waals surface area contributed by atoms with Crippen LogP contribution >= 0.6 is 11.6 Å². The Hall–Kier alpha value is -2.88. The number of carbonyl (C=O) groups is 2. The van der Waals surface area contributed by atoms with Gasteiger partial charge in [0.2, 0.25) is 0 Å². The van der Waals surface area contributed by atoms with Crippen LogP contribution in [0.25, 0.3) is 0 Å². The molecule has 200 valence electrons. The lowest BCUT2D eigenvalue weighted by Crippen LogP contribution is -2.40. The van der Waals surface area contributed by atoms with E-state index in [1.807, 2.05) is 18.2 Å². The van der Waals surface area contributed by atoms with Gasteiger partial charge in [-0.3, -0.25) is 4.79 Å². The number of hydrogen-bond donors (Lipinski definition) is 3. The molecule has 0 aromatic heterocycles. The average molecular weight is 534 g/mol. The molecule has 2 fully saturated rings. The summed E-state index contributed by atoms with van der Waals surface area (Å²) in [5.41, 5.74) is 1.59. The number of carboxylic acid groups (broad SMARTS) is 1. The molecule has 2 amide bonds. The van der Waals surface area contributed by atoms with E-state index in [-0.39, 0.29) is 23.2 Å². The molecule has 37 heavy (non-hydrogen) atoms. The summed E-state index contributed by atoms with van der Waals surface area (Å²) < 4.78 is 25.4. The van der Waals surface area contributed by atoms with E-state index in [1.54, 1.807) is 0 Å². The molecule has 10 heteroatoms. The lowest BCUT2D eigenvalue weighted by atomic mass is 9.71. The lowest BCUT2D eigenvalue weighted by molar-refractivity contribution is -0.139. The summed E-state index contributed by atoms with van der Waals surface area (Å²) in [6.07, 6.45) is 2.82. The first kappa shape index (κ1) is 27.2. The number of carbonyl (C=O) groups excluding carboxylic acids is 1. The average Bonchev–Trinajstić information content (AvgIpc) is 2.88. The number of ether oxygens (including phenoxy) is 2. The quantitative estimate of drug-likeness (QED) is 0.405. The summed E-state index contributed by atoms with van der Waals surface area (Å²) >= 11 is 5.84. The summed E-state index contributed by atoms with van der Waals surface area (Å²) in [4.78, 5) is 27.1. The van der Waals surface area contributed by atoms with Gasteiger partial charge in [-0.15, -0.1) is 0 Å². The third-order valence-corrected chi connectivity index (χ3v) is 7.49. The summed E-state index contributed by atoms with van der Waals surface area (Å²) in [7, 11) is 0. The molecule has 0 unspecified atom stereocenters. The number of anilines is 3. The van der Waals surface area contributed by atoms with Gasteiger partial charge in [-0.05, 0) is 68.5 Å². The minimum atomic E-state index is -0.881. The van der Waals surface area contributed by atoms with Crippen LogP contribution in [-0.2, 0) is 19.7 Å². The smallest absolute Gasteiger partial charge is 0.323 e. The van der Waals surface area contributed by atoms with Crippen molar-refractivity contribution >= 4 is 40.7 Å². The molecule has 0 atom stereocenters. The van der Waals surface area contributed by atoms with Gasteiger partial charge in [-0.25, -0.2) is 9.18 Å². The predicted octanol–water partition coefficient (Wildman–Crippen LogP) is 5.65. The van der Waals surface area contributed by atoms with Crippen LogP contribution in [0.15, 0.2) is 36.4 Å². The highest BCUT2D eigenvalue weighted by molar-refractivity contribution is 6.30. The van der Waals surface area contributed by atoms with Gasteiger partial charge in [-0.2, -0.15) is 0 Å². The van der Waals surface area contributed by atoms with Crippen molar-refractivity contribution in [1.82, 2.24) is 0 Å². The van der Waals surface area contributed by atoms with Crippen LogP contribution in [0.2, 0.25) is 5.02 Å². The fourth-order valence-electron chi connectivity index (χ4n) is 5.32. The Kier molecular flexibility index (Phi) is 8.89. The number of benzene rings is 2. The monoisotopic (exact) mass is 533 g/mol. The first-order valence-corrected chi connectivity index (χ1v) is 13.0. The molecule has 0 spiro atoms. The maximum Gasteiger partial charge on any atom is 0.323 e. The van der Waals surface area contributed by atoms with E-state index >= 15 is 0 Å². The van der Waals surface area contributed by atoms with Gasteiger partial charge in [0.05, 0.1) is 23.5 Å². The van der Waals surface area contributed by atoms with E-state index in [1.165, 1.54) is 12.1 Å². The highest BCUT2D eigenvalue weighted by Crippen LogP contribution is 2.42. The highest BCUT2D eigenvalue weighted by Gasteiger charge is 2.37. The van der Waals surface area contributed by atoms with Gasteiger partial charge >= 0.3 is 12.0 Å². The second-order valence-electron chi connectivity index (χ2n) is 9.53. The molecular formula is C27H33ClFN3O5. The fraction of sp³-hybridized carbons (Fsp3) is 0.481. The van der Waals surface area contributed by atoms with Crippen molar-refractivity contribution in [2.75, 3.05) is 48.5 Å². The van der Waals surface area contributed by atoms with Crippen LogP contribution in [0, 0.1) is 5.82 Å². The normalized spacial score (nSPS) is 17.7. The number of nitrogens with zero attached hydrogens (tertiary/aromatic N) is 1. The Morgan fingerprint density at radius 2 is 1.73 bits per heavy atom. The largest absolute Gasteiger partial charge is 0.481 e. The van der Waals surface area contributed by atoms with Crippen LogP contribution < -0.4 is 15.5 Å². The van der Waals surface area contributed by atoms with E-state index in [4.69, 9.17) is 21.1 Å². The minimum Gasteiger partial charge on any atom is -0.481 e. The van der Waals surface area contributed by atoms with Gasteiger partial charge in [0.25, 0.3) is 0 Å². The number of nitrogens with one attached hydrogen (secondary N) is 2. The van der Waals surface area contributed by atoms with Gasteiger partial charge in [0.1, 0.15) is 5.82 Å². The first-order valence-electron chi connectivity index (χ1n) is 12.6. The van der Waals surface area contributed by atoms with Gasteiger partial charge in [0.15, 0.2) is 0 Å². The van der Waals surface area contributed by atoms with Gasteiger partial charge < -0.3 is 30.1 Å². The number of aliphatic carboxylic acids is 1. The van der Waals surface area contributed by atoms with Crippen molar-refractivity contribution in [1.29, 1.82) is 0 Å². The third kappa shape index (κ3) is 6.52. The number of urea groups is 1. The lowest BCUT2D eigenvalue weighted by Gasteiger charge is -2.39.